The molecule has 0 radical (unpaired) electrons. The van der Waals surface area contributed by atoms with E-state index in [1.54, 1.807) is 13.3 Å². The average molecular weight is 198 g/mol. The monoisotopic (exact) mass is 198 g/mol. The number of aromatic nitrogens is 2. The highest BCUT2D eigenvalue weighted by atomic mass is 16.6. The Labute approximate surface area is 82.6 Å². The summed E-state index contributed by atoms with van der Waals surface area (Å²) in [6, 6.07) is 0. The number of nitrogens with zero attached hydrogens (tertiary/aromatic N) is 2. The van der Waals surface area contributed by atoms with Crippen LogP contribution in [0.25, 0.3) is 0 Å². The summed E-state index contributed by atoms with van der Waals surface area (Å²) < 4.78 is 11.6. The molecular weight excluding hydrogens is 184 g/mol. The summed E-state index contributed by atoms with van der Waals surface area (Å²) in [6.07, 6.45) is 3.52. The summed E-state index contributed by atoms with van der Waals surface area (Å²) in [4.78, 5) is 14.9. The lowest BCUT2D eigenvalue weighted by atomic mass is 10.5. The predicted octanol–water partition coefficient (Wildman–Crippen LogP) is 0.500. The molecular formula is C9H14N2O3. The second-order valence-corrected chi connectivity index (χ2v) is 2.83. The summed E-state index contributed by atoms with van der Waals surface area (Å²) in [5.41, 5.74) is 0.803. The minimum Gasteiger partial charge on any atom is -0.464 e. The van der Waals surface area contributed by atoms with E-state index in [0.29, 0.717) is 13.2 Å². The highest BCUT2D eigenvalue weighted by Gasteiger charge is 2.02. The highest BCUT2D eigenvalue weighted by Crippen LogP contribution is 1.96. The largest absolute Gasteiger partial charge is 0.464 e. The van der Waals surface area contributed by atoms with Gasteiger partial charge in [0.25, 0.3) is 0 Å². The third-order valence-electron chi connectivity index (χ3n) is 1.53. The maximum Gasteiger partial charge on any atom is 0.332 e. The third-order valence-corrected chi connectivity index (χ3v) is 1.53. The molecule has 1 aromatic heterocycles. The topological polar surface area (TPSA) is 53.4 Å². The molecule has 0 aromatic carbocycles. The van der Waals surface area contributed by atoms with E-state index in [1.165, 1.54) is 0 Å². The van der Waals surface area contributed by atoms with Crippen molar-refractivity contribution < 1.29 is 14.3 Å². The molecule has 0 bridgehead atoms. The Hall–Kier alpha value is -1.36. The molecule has 0 fully saturated rings. The van der Waals surface area contributed by atoms with Gasteiger partial charge < -0.3 is 14.0 Å². The zero-order valence-corrected chi connectivity index (χ0v) is 8.40. The Morgan fingerprint density at radius 2 is 2.43 bits per heavy atom. The van der Waals surface area contributed by atoms with Crippen molar-refractivity contribution in [3.05, 3.63) is 18.2 Å². The first-order valence-electron chi connectivity index (χ1n) is 4.42. The van der Waals surface area contributed by atoms with Gasteiger partial charge >= 0.3 is 5.97 Å². The number of carbonyl (C=O) groups excluding carboxylic acids is 1. The smallest absolute Gasteiger partial charge is 0.332 e. The number of ether oxygens (including phenoxy) is 2. The van der Waals surface area contributed by atoms with Crippen LogP contribution in [0.15, 0.2) is 12.5 Å². The number of aryl methyl sites for hydroxylation is 1. The molecule has 1 aromatic rings. The van der Waals surface area contributed by atoms with Crippen molar-refractivity contribution in [1.29, 1.82) is 0 Å². The number of hydrogen-bond acceptors (Lipinski definition) is 4. The lowest BCUT2D eigenvalue weighted by Crippen LogP contribution is -2.12. The van der Waals surface area contributed by atoms with Gasteiger partial charge in [0, 0.05) is 13.2 Å². The minimum atomic E-state index is -0.344. The van der Waals surface area contributed by atoms with E-state index < -0.39 is 0 Å². The van der Waals surface area contributed by atoms with Crippen LogP contribution in [0, 0.1) is 0 Å². The van der Waals surface area contributed by atoms with E-state index >= 15 is 0 Å². The van der Waals surface area contributed by atoms with E-state index in [-0.39, 0.29) is 12.6 Å². The standard InChI is InChI=1S/C9H14N2O3/c1-3-14-9(12)6-13-5-8-4-11(2)7-10-8/h4,7H,3,5-6H2,1-2H3. The van der Waals surface area contributed by atoms with Gasteiger partial charge in [-0.25, -0.2) is 9.78 Å². The number of rotatable bonds is 5. The first-order valence-corrected chi connectivity index (χ1v) is 4.42. The van der Waals surface area contributed by atoms with Crippen molar-refractivity contribution in [2.24, 2.45) is 7.05 Å². The maximum atomic E-state index is 10.9. The van der Waals surface area contributed by atoms with Crippen LogP contribution in [0.3, 0.4) is 0 Å². The Kier molecular flexibility index (Phi) is 4.12. The van der Waals surface area contributed by atoms with Gasteiger partial charge in [-0.05, 0) is 6.92 Å². The molecule has 0 N–H and O–H groups in total. The Bertz CT molecular complexity index is 296. The molecule has 0 aliphatic carbocycles. The van der Waals surface area contributed by atoms with Gasteiger partial charge in [0.15, 0.2) is 0 Å². The van der Waals surface area contributed by atoms with Crippen LogP contribution in [0.4, 0.5) is 0 Å². The zero-order valence-electron chi connectivity index (χ0n) is 8.40. The average Bonchev–Trinajstić information content (AvgIpc) is 2.52. The van der Waals surface area contributed by atoms with E-state index in [9.17, 15) is 4.79 Å². The van der Waals surface area contributed by atoms with Crippen LogP contribution in [-0.4, -0.2) is 28.7 Å². The lowest BCUT2D eigenvalue weighted by Gasteiger charge is -2.01. The van der Waals surface area contributed by atoms with Gasteiger partial charge in [-0.1, -0.05) is 0 Å². The van der Waals surface area contributed by atoms with Crippen molar-refractivity contribution in [2.75, 3.05) is 13.2 Å². The molecule has 0 aliphatic rings. The summed E-state index contributed by atoms with van der Waals surface area (Å²) in [5, 5.41) is 0. The van der Waals surface area contributed by atoms with Crippen LogP contribution in [0.5, 0.6) is 0 Å². The first-order chi connectivity index (χ1) is 6.72. The van der Waals surface area contributed by atoms with Crippen molar-refractivity contribution in [3.63, 3.8) is 0 Å². The van der Waals surface area contributed by atoms with Crippen LogP contribution < -0.4 is 0 Å². The van der Waals surface area contributed by atoms with Crippen molar-refractivity contribution in [1.82, 2.24) is 9.55 Å². The summed E-state index contributed by atoms with van der Waals surface area (Å²) in [6.45, 7) is 2.45. The fourth-order valence-corrected chi connectivity index (χ4v) is 0.983. The molecule has 0 saturated heterocycles. The summed E-state index contributed by atoms with van der Waals surface area (Å²) >= 11 is 0. The number of hydrogen-bond donors (Lipinski definition) is 0. The van der Waals surface area contributed by atoms with Gasteiger partial charge in [-0.2, -0.15) is 0 Å². The first kappa shape index (κ1) is 10.7. The molecule has 1 rings (SSSR count). The van der Waals surface area contributed by atoms with Crippen LogP contribution >= 0.6 is 0 Å². The minimum absolute atomic E-state index is 0.0234. The fraction of sp³-hybridized carbons (Fsp3) is 0.556. The van der Waals surface area contributed by atoms with Crippen LogP contribution in [-0.2, 0) is 27.9 Å². The normalized spacial score (nSPS) is 10.1. The molecule has 5 heteroatoms. The molecule has 0 aliphatic heterocycles. The van der Waals surface area contributed by atoms with E-state index in [2.05, 4.69) is 4.98 Å². The molecule has 0 amide bonds. The van der Waals surface area contributed by atoms with Crippen molar-refractivity contribution in [3.8, 4) is 0 Å². The Morgan fingerprint density at radius 1 is 1.64 bits per heavy atom. The number of esters is 1. The highest BCUT2D eigenvalue weighted by molar-refractivity contribution is 5.70. The Balaban J connectivity index is 2.18. The van der Waals surface area contributed by atoms with Gasteiger partial charge in [-0.15, -0.1) is 0 Å². The molecule has 5 nitrogen and oxygen atoms in total. The van der Waals surface area contributed by atoms with Crippen LogP contribution in [0.1, 0.15) is 12.6 Å². The van der Waals surface area contributed by atoms with E-state index in [1.807, 2.05) is 17.8 Å². The second kappa shape index (κ2) is 5.39. The molecule has 78 valence electrons. The fourth-order valence-electron chi connectivity index (χ4n) is 0.983. The molecule has 14 heavy (non-hydrogen) atoms. The van der Waals surface area contributed by atoms with E-state index in [4.69, 9.17) is 9.47 Å². The zero-order chi connectivity index (χ0) is 10.4. The lowest BCUT2D eigenvalue weighted by molar-refractivity contribution is -0.148. The van der Waals surface area contributed by atoms with Gasteiger partial charge in [0.05, 0.1) is 25.2 Å². The summed E-state index contributed by atoms with van der Waals surface area (Å²) in [5.74, 6) is -0.344. The maximum absolute atomic E-state index is 10.9. The van der Waals surface area contributed by atoms with Gasteiger partial charge in [0.2, 0.25) is 0 Å². The van der Waals surface area contributed by atoms with Crippen molar-refractivity contribution >= 4 is 5.97 Å². The van der Waals surface area contributed by atoms with Gasteiger partial charge in [0.1, 0.15) is 6.61 Å². The number of carbonyl (C=O) groups is 1. The predicted molar refractivity (Wildman–Crippen MR) is 49.5 cm³/mol. The third kappa shape index (κ3) is 3.57. The summed E-state index contributed by atoms with van der Waals surface area (Å²) in [7, 11) is 1.88. The van der Waals surface area contributed by atoms with E-state index in [0.717, 1.165) is 5.69 Å². The quantitative estimate of drug-likeness (QED) is 0.646. The number of imidazole rings is 1. The molecule has 1 heterocycles. The van der Waals surface area contributed by atoms with Crippen LogP contribution in [0.2, 0.25) is 0 Å². The van der Waals surface area contributed by atoms with Gasteiger partial charge in [-0.3, -0.25) is 0 Å². The second-order valence-electron chi connectivity index (χ2n) is 2.83. The molecule has 0 saturated carbocycles. The molecule has 0 atom stereocenters. The van der Waals surface area contributed by atoms with Crippen molar-refractivity contribution in [2.45, 2.75) is 13.5 Å². The Morgan fingerprint density at radius 3 is 3.00 bits per heavy atom. The molecule has 0 spiro atoms. The SMILES string of the molecule is CCOC(=O)COCc1cn(C)cn1. The molecule has 0 unspecified atom stereocenters.